The van der Waals surface area contributed by atoms with Crippen LogP contribution < -0.4 is 27.4 Å². The predicted octanol–water partition coefficient (Wildman–Crippen LogP) is 8.85. The summed E-state index contributed by atoms with van der Waals surface area (Å²) in [7, 11) is 0. The zero-order valence-electron chi connectivity index (χ0n) is 44.0. The molecule has 12 aromatic heterocycles. The Morgan fingerprint density at radius 1 is 0.296 bits per heavy atom. The first-order valence-corrected chi connectivity index (χ1v) is 27.9. The Morgan fingerprint density at radius 3 is 0.778 bits per heavy atom. The molecule has 15 nitrogen and oxygen atoms in total. The number of fused-ring (bicyclic) bond motifs is 3. The average molecular weight is 1130 g/mol. The van der Waals surface area contributed by atoms with Crippen molar-refractivity contribution in [3.63, 3.8) is 0 Å². The Bertz CT molecular complexity index is 3880. The van der Waals surface area contributed by atoms with Crippen LogP contribution in [0.25, 0.3) is 66.5 Å². The lowest BCUT2D eigenvalue weighted by molar-refractivity contribution is -0.698. The number of halogens is 3. The van der Waals surface area contributed by atoms with Crippen LogP contribution in [0.2, 0.25) is 15.5 Å². The molecule has 0 amide bonds. The second-order valence-electron chi connectivity index (χ2n) is 20.1. The molecule has 0 unspecified atom stereocenters. The largest absolute Gasteiger partial charge is 0.326 e. The third kappa shape index (κ3) is 11.5. The zero-order chi connectivity index (χ0) is 54.7. The van der Waals surface area contributed by atoms with Gasteiger partial charge in [0.2, 0.25) is 0 Å². The number of pyridine rings is 6. The minimum Gasteiger partial charge on any atom is -0.326 e. The van der Waals surface area contributed by atoms with Crippen LogP contribution in [0.3, 0.4) is 0 Å². The molecule has 0 bridgehead atoms. The maximum absolute atomic E-state index is 6.29. The van der Waals surface area contributed by atoms with Crippen LogP contribution in [0.4, 0.5) is 0 Å². The van der Waals surface area contributed by atoms with E-state index in [1.807, 2.05) is 36.8 Å². The van der Waals surface area contributed by atoms with Crippen molar-refractivity contribution in [2.75, 3.05) is 0 Å². The molecule has 0 aliphatic heterocycles. The van der Waals surface area contributed by atoms with Crippen molar-refractivity contribution in [2.24, 2.45) is 0 Å². The molecule has 0 N–H and O–H groups in total. The SMILES string of the molecule is Clc1ncnc2c1ccn2CC[n+]1ccc(-c2cc[n+](Cc3cc(C[n+]4ccc(-c5cc[n+](CCn6ccc7c(Cl)ncnc76)cc5)cc4)cc(C[n+]4ccc(-c5cc[n+](CCn6ccc7c(Cl)ncnc76)cc5)cc4)c3)cc2)cc1. The van der Waals surface area contributed by atoms with Gasteiger partial charge < -0.3 is 13.7 Å². The molecule has 12 heterocycles. The molecule has 0 fully saturated rings. The number of aromatic nitrogens is 15. The first-order chi connectivity index (χ1) is 39.8. The number of aryl methyl sites for hydroxylation is 6. The predicted molar refractivity (Wildman–Crippen MR) is 308 cm³/mol. The van der Waals surface area contributed by atoms with E-state index in [1.165, 1.54) is 35.7 Å². The summed E-state index contributed by atoms with van der Waals surface area (Å²) in [6, 6.07) is 39.1. The van der Waals surface area contributed by atoms with E-state index in [0.717, 1.165) is 125 Å². The van der Waals surface area contributed by atoms with Crippen molar-refractivity contribution in [2.45, 2.75) is 58.9 Å². The lowest BCUT2D eigenvalue weighted by Gasteiger charge is -2.08. The highest BCUT2D eigenvalue weighted by Gasteiger charge is 2.17. The van der Waals surface area contributed by atoms with E-state index in [2.05, 4.69) is 236 Å². The normalized spacial score (nSPS) is 11.6. The van der Waals surface area contributed by atoms with Crippen LogP contribution in [0.5, 0.6) is 0 Å². The lowest BCUT2D eigenvalue weighted by atomic mass is 10.0. The van der Waals surface area contributed by atoms with E-state index in [1.54, 1.807) is 0 Å². The molecule has 81 heavy (non-hydrogen) atoms. The lowest BCUT2D eigenvalue weighted by Crippen LogP contribution is -2.36. The van der Waals surface area contributed by atoms with Gasteiger partial charge in [0.15, 0.2) is 114 Å². The third-order valence-electron chi connectivity index (χ3n) is 14.9. The summed E-state index contributed by atoms with van der Waals surface area (Å²) >= 11 is 18.9. The van der Waals surface area contributed by atoms with E-state index in [9.17, 15) is 0 Å². The first kappa shape index (κ1) is 51.3. The summed E-state index contributed by atoms with van der Waals surface area (Å²) < 4.78 is 19.7. The number of rotatable bonds is 18. The van der Waals surface area contributed by atoms with Gasteiger partial charge in [0, 0.05) is 108 Å². The fourth-order valence-corrected chi connectivity index (χ4v) is 11.1. The molecule has 0 atom stereocenters. The highest BCUT2D eigenvalue weighted by Crippen LogP contribution is 2.24. The highest BCUT2D eigenvalue weighted by molar-refractivity contribution is 6.34. The quantitative estimate of drug-likeness (QED) is 0.0627. The van der Waals surface area contributed by atoms with Crippen LogP contribution >= 0.6 is 34.8 Å². The van der Waals surface area contributed by atoms with Gasteiger partial charge in [-0.3, -0.25) is 0 Å². The molecule has 0 aliphatic rings. The van der Waals surface area contributed by atoms with E-state index >= 15 is 0 Å². The maximum Gasteiger partial charge on any atom is 0.173 e. The van der Waals surface area contributed by atoms with Crippen molar-refractivity contribution >= 4 is 67.9 Å². The van der Waals surface area contributed by atoms with E-state index in [4.69, 9.17) is 34.8 Å². The van der Waals surface area contributed by atoms with E-state index < -0.39 is 0 Å². The molecule has 396 valence electrons. The molecular weight excluding hydrogens is 1070 g/mol. The van der Waals surface area contributed by atoms with Gasteiger partial charge in [-0.15, -0.1) is 0 Å². The van der Waals surface area contributed by atoms with Crippen molar-refractivity contribution < 1.29 is 27.4 Å². The minimum absolute atomic E-state index is 0.474. The molecular formula is C63H54Cl3N15+6. The Balaban J connectivity index is 0.689. The molecule has 0 aliphatic carbocycles. The maximum atomic E-state index is 6.29. The Labute approximate surface area is 481 Å². The summed E-state index contributed by atoms with van der Waals surface area (Å²) in [4.78, 5) is 25.7. The Hall–Kier alpha value is -9.15. The van der Waals surface area contributed by atoms with Crippen LogP contribution in [0, 0.1) is 0 Å². The van der Waals surface area contributed by atoms with Crippen molar-refractivity contribution in [1.82, 2.24) is 43.6 Å². The summed E-state index contributed by atoms with van der Waals surface area (Å²) in [6.07, 6.45) is 36.4. The van der Waals surface area contributed by atoms with Gasteiger partial charge in [-0.25, -0.2) is 57.3 Å². The number of hydrogen-bond acceptors (Lipinski definition) is 6. The van der Waals surface area contributed by atoms with Crippen LogP contribution in [-0.4, -0.2) is 43.6 Å². The number of benzene rings is 1. The molecule has 0 saturated heterocycles. The van der Waals surface area contributed by atoms with E-state index in [0.29, 0.717) is 15.5 Å². The van der Waals surface area contributed by atoms with Crippen molar-refractivity contribution in [3.8, 4) is 33.4 Å². The molecule has 13 rings (SSSR count). The van der Waals surface area contributed by atoms with E-state index in [-0.39, 0.29) is 0 Å². The summed E-state index contributed by atoms with van der Waals surface area (Å²) in [6.45, 7) is 6.86. The van der Waals surface area contributed by atoms with Crippen molar-refractivity contribution in [1.29, 1.82) is 0 Å². The van der Waals surface area contributed by atoms with Gasteiger partial charge in [-0.2, -0.15) is 0 Å². The second kappa shape index (κ2) is 22.9. The van der Waals surface area contributed by atoms with Gasteiger partial charge >= 0.3 is 0 Å². The molecule has 0 radical (unpaired) electrons. The standard InChI is InChI=1S/C63H54Cl3N15/c64-58-55-13-28-79(61(55)70-43-67-58)34-31-73-16-1-49(2-17-73)52-7-22-76(23-8-52)40-46-37-47(41-77-24-9-53(10-25-77)50-3-18-74(19-4-50)32-35-80-29-14-56-59(65)68-44-71-62(56)80)39-48(38-46)42-78-26-11-54(12-27-78)51-5-20-75(21-6-51)33-36-81-30-15-57-60(66)69-45-72-63(57)81/h1-30,37-39,43-45H,31-36,40-42H2/q+6. The molecule has 13 aromatic rings. The second-order valence-corrected chi connectivity index (χ2v) is 21.2. The monoisotopic (exact) mass is 1130 g/mol. The van der Waals surface area contributed by atoms with Gasteiger partial charge in [0.1, 0.15) is 51.4 Å². The molecule has 0 spiro atoms. The molecule has 1 aromatic carbocycles. The smallest absolute Gasteiger partial charge is 0.173 e. The third-order valence-corrected chi connectivity index (χ3v) is 15.8. The zero-order valence-corrected chi connectivity index (χ0v) is 46.3. The Kier molecular flexibility index (Phi) is 14.5. The van der Waals surface area contributed by atoms with Gasteiger partial charge in [-0.1, -0.05) is 34.8 Å². The molecule has 0 saturated carbocycles. The van der Waals surface area contributed by atoms with Crippen LogP contribution in [0.1, 0.15) is 16.7 Å². The summed E-state index contributed by atoms with van der Waals surface area (Å²) in [5, 5.41) is 4.02. The fraction of sp³-hybridized carbons (Fsp3) is 0.143. The molecule has 18 heteroatoms. The van der Waals surface area contributed by atoms with Gasteiger partial charge in [0.05, 0.1) is 35.8 Å². The number of nitrogens with zero attached hydrogens (tertiary/aromatic N) is 15. The van der Waals surface area contributed by atoms with Crippen molar-refractivity contribution in [3.05, 3.63) is 253 Å². The minimum atomic E-state index is 0.474. The summed E-state index contributed by atoms with van der Waals surface area (Å²) in [5.41, 5.74) is 13.2. The topological polar surface area (TPSA) is 115 Å². The highest BCUT2D eigenvalue weighted by atomic mass is 35.5. The number of hydrogen-bond donors (Lipinski definition) is 0. The van der Waals surface area contributed by atoms with Gasteiger partial charge in [-0.05, 0) is 69.8 Å². The van der Waals surface area contributed by atoms with Gasteiger partial charge in [0.25, 0.3) is 0 Å². The van der Waals surface area contributed by atoms with Crippen LogP contribution in [0.15, 0.2) is 221 Å². The fourth-order valence-electron chi connectivity index (χ4n) is 10.5. The van der Waals surface area contributed by atoms with Crippen LogP contribution in [-0.2, 0) is 58.9 Å². The summed E-state index contributed by atoms with van der Waals surface area (Å²) in [5.74, 6) is 0. The Morgan fingerprint density at radius 2 is 0.531 bits per heavy atom. The first-order valence-electron chi connectivity index (χ1n) is 26.7. The average Bonchev–Trinajstić information content (AvgIpc) is 4.35.